The summed E-state index contributed by atoms with van der Waals surface area (Å²) in [4.78, 5) is 19.2. The molecule has 3 aromatic rings. The predicted molar refractivity (Wildman–Crippen MR) is 84.2 cm³/mol. The molecule has 1 amide bonds. The predicted octanol–water partition coefficient (Wildman–Crippen LogP) is 1.82. The average Bonchev–Trinajstić information content (AvgIpc) is 3.23. The molecule has 4 rings (SSSR count). The molecule has 0 spiro atoms. The lowest BCUT2D eigenvalue weighted by atomic mass is 10.1. The van der Waals surface area contributed by atoms with Crippen LogP contribution < -0.4 is 5.43 Å². The van der Waals surface area contributed by atoms with Gasteiger partial charge in [-0.3, -0.25) is 4.79 Å². The first-order valence-corrected chi connectivity index (χ1v) is 6.88. The average molecular weight is 291 g/mol. The summed E-state index contributed by atoms with van der Waals surface area (Å²) in [6.45, 7) is 0. The maximum Gasteiger partial charge on any atom is 0.273 e. The topological polar surface area (TPSA) is 75.1 Å². The molecular weight excluding hydrogens is 278 g/mol. The summed E-state index contributed by atoms with van der Waals surface area (Å²) in [6.07, 6.45) is 7.20. The number of nitrogens with one attached hydrogen (secondary N) is 2. The molecule has 0 saturated carbocycles. The third kappa shape index (κ3) is 1.85. The minimum atomic E-state index is -0.223. The molecule has 3 heterocycles. The first-order chi connectivity index (χ1) is 10.7. The number of nitrogens with zero attached hydrogens (tertiary/aromatic N) is 3. The molecular formula is C16H13N5O. The van der Waals surface area contributed by atoms with E-state index in [1.165, 1.54) is 0 Å². The van der Waals surface area contributed by atoms with Crippen LogP contribution in [0.25, 0.3) is 17.0 Å². The van der Waals surface area contributed by atoms with Gasteiger partial charge in [0, 0.05) is 42.1 Å². The van der Waals surface area contributed by atoms with E-state index < -0.39 is 0 Å². The molecule has 22 heavy (non-hydrogen) atoms. The molecule has 0 saturated heterocycles. The molecule has 0 bridgehead atoms. The highest BCUT2D eigenvalue weighted by molar-refractivity contribution is 6.32. The Hall–Kier alpha value is -3.15. The SMILES string of the molecule is Cn1cc(C=C2C(=O)NN=C2c2ncc[nH]2)c2ccccc21. The van der Waals surface area contributed by atoms with Gasteiger partial charge in [0.15, 0.2) is 5.82 Å². The number of rotatable bonds is 2. The Kier molecular flexibility index (Phi) is 2.69. The van der Waals surface area contributed by atoms with Crippen LogP contribution in [-0.4, -0.2) is 26.2 Å². The monoisotopic (exact) mass is 291 g/mol. The van der Waals surface area contributed by atoms with Gasteiger partial charge in [-0.15, -0.1) is 0 Å². The van der Waals surface area contributed by atoms with Crippen LogP contribution in [0, 0.1) is 0 Å². The van der Waals surface area contributed by atoms with E-state index in [1.54, 1.807) is 12.4 Å². The van der Waals surface area contributed by atoms with Crippen LogP contribution in [0.15, 0.2) is 53.5 Å². The van der Waals surface area contributed by atoms with Gasteiger partial charge in [0.25, 0.3) is 5.91 Å². The molecule has 2 N–H and O–H groups in total. The number of hydrogen-bond acceptors (Lipinski definition) is 3. The van der Waals surface area contributed by atoms with Crippen LogP contribution in [-0.2, 0) is 11.8 Å². The summed E-state index contributed by atoms with van der Waals surface area (Å²) in [6, 6.07) is 8.07. The highest BCUT2D eigenvalue weighted by Crippen LogP contribution is 2.24. The van der Waals surface area contributed by atoms with Gasteiger partial charge in [-0.2, -0.15) is 5.10 Å². The normalized spacial score (nSPS) is 16.3. The number of hydrogen-bond donors (Lipinski definition) is 2. The van der Waals surface area contributed by atoms with Gasteiger partial charge in [0.05, 0.1) is 5.57 Å². The number of benzene rings is 1. The lowest BCUT2D eigenvalue weighted by molar-refractivity contribution is -0.116. The van der Waals surface area contributed by atoms with E-state index in [2.05, 4.69) is 20.5 Å². The summed E-state index contributed by atoms with van der Waals surface area (Å²) in [5, 5.41) is 5.17. The third-order valence-electron chi connectivity index (χ3n) is 3.72. The van der Waals surface area contributed by atoms with Crippen molar-refractivity contribution >= 4 is 28.6 Å². The zero-order chi connectivity index (χ0) is 15.1. The summed E-state index contributed by atoms with van der Waals surface area (Å²) in [7, 11) is 1.99. The smallest absolute Gasteiger partial charge is 0.273 e. The molecule has 1 aliphatic heterocycles. The van der Waals surface area contributed by atoms with Crippen molar-refractivity contribution in [1.82, 2.24) is 20.0 Å². The highest BCUT2D eigenvalue weighted by Gasteiger charge is 2.26. The van der Waals surface area contributed by atoms with Gasteiger partial charge in [-0.25, -0.2) is 10.4 Å². The van der Waals surface area contributed by atoms with Crippen molar-refractivity contribution in [2.45, 2.75) is 0 Å². The number of hydrazone groups is 1. The number of carbonyl (C=O) groups is 1. The van der Waals surface area contributed by atoms with Gasteiger partial charge < -0.3 is 9.55 Å². The summed E-state index contributed by atoms with van der Waals surface area (Å²) in [5.41, 5.74) is 5.62. The van der Waals surface area contributed by atoms with Crippen molar-refractivity contribution in [3.05, 3.63) is 59.8 Å². The van der Waals surface area contributed by atoms with Crippen LogP contribution in [0.5, 0.6) is 0 Å². The number of fused-ring (bicyclic) bond motifs is 1. The number of H-pyrrole nitrogens is 1. The van der Waals surface area contributed by atoms with Gasteiger partial charge in [-0.05, 0) is 12.1 Å². The fraction of sp³-hybridized carbons (Fsp3) is 0.0625. The van der Waals surface area contributed by atoms with Crippen molar-refractivity contribution in [1.29, 1.82) is 0 Å². The van der Waals surface area contributed by atoms with Crippen molar-refractivity contribution < 1.29 is 4.79 Å². The molecule has 2 aromatic heterocycles. The molecule has 0 aliphatic carbocycles. The summed E-state index contributed by atoms with van der Waals surface area (Å²) in [5.74, 6) is 0.351. The zero-order valence-corrected chi connectivity index (χ0v) is 11.9. The highest BCUT2D eigenvalue weighted by atomic mass is 16.2. The number of imidazole rings is 1. The van der Waals surface area contributed by atoms with Crippen LogP contribution in [0.2, 0.25) is 0 Å². The van der Waals surface area contributed by atoms with E-state index in [4.69, 9.17) is 0 Å². The largest absolute Gasteiger partial charge is 0.350 e. The lowest BCUT2D eigenvalue weighted by Crippen LogP contribution is -2.14. The second kappa shape index (κ2) is 4.70. The van der Waals surface area contributed by atoms with Crippen molar-refractivity contribution in [2.75, 3.05) is 0 Å². The molecule has 6 nitrogen and oxygen atoms in total. The van der Waals surface area contributed by atoms with Crippen LogP contribution in [0.1, 0.15) is 11.4 Å². The zero-order valence-electron chi connectivity index (χ0n) is 11.9. The van der Waals surface area contributed by atoms with Gasteiger partial charge in [-0.1, -0.05) is 18.2 Å². The maximum atomic E-state index is 12.1. The van der Waals surface area contributed by atoms with Gasteiger partial charge >= 0.3 is 0 Å². The van der Waals surface area contributed by atoms with E-state index >= 15 is 0 Å². The Morgan fingerprint density at radius 3 is 2.95 bits per heavy atom. The fourth-order valence-corrected chi connectivity index (χ4v) is 2.69. The van der Waals surface area contributed by atoms with E-state index in [0.29, 0.717) is 17.1 Å². The quantitative estimate of drug-likeness (QED) is 0.707. The van der Waals surface area contributed by atoms with Crippen molar-refractivity contribution in [2.24, 2.45) is 12.1 Å². The molecule has 0 atom stereocenters. The standard InChI is InChI=1S/C16H13N5O/c1-21-9-10(11-4-2-3-5-13(11)21)8-12-14(19-20-16(12)22)15-17-6-7-18-15/h2-9H,1H3,(H,17,18)(H,20,22). The van der Waals surface area contributed by atoms with Crippen LogP contribution in [0.4, 0.5) is 0 Å². The van der Waals surface area contributed by atoms with E-state index in [9.17, 15) is 4.79 Å². The number of aromatic nitrogens is 3. The van der Waals surface area contributed by atoms with Crippen molar-refractivity contribution in [3.63, 3.8) is 0 Å². The second-order valence-electron chi connectivity index (χ2n) is 5.11. The summed E-state index contributed by atoms with van der Waals surface area (Å²) >= 11 is 0. The molecule has 0 fully saturated rings. The Morgan fingerprint density at radius 2 is 2.14 bits per heavy atom. The summed E-state index contributed by atoms with van der Waals surface area (Å²) < 4.78 is 2.04. The van der Waals surface area contributed by atoms with E-state index in [-0.39, 0.29) is 5.91 Å². The number of amides is 1. The molecule has 0 radical (unpaired) electrons. The molecule has 0 unspecified atom stereocenters. The minimum Gasteiger partial charge on any atom is -0.350 e. The first kappa shape index (κ1) is 12.6. The molecule has 108 valence electrons. The Labute approximate surface area is 126 Å². The van der Waals surface area contributed by atoms with Crippen molar-refractivity contribution in [3.8, 4) is 0 Å². The van der Waals surface area contributed by atoms with Crippen LogP contribution >= 0.6 is 0 Å². The number of aryl methyl sites for hydroxylation is 1. The number of carbonyl (C=O) groups excluding carboxylic acids is 1. The molecule has 1 aliphatic rings. The Morgan fingerprint density at radius 1 is 1.27 bits per heavy atom. The molecule has 6 heteroatoms. The molecule has 1 aromatic carbocycles. The second-order valence-corrected chi connectivity index (χ2v) is 5.11. The number of aromatic amines is 1. The first-order valence-electron chi connectivity index (χ1n) is 6.88. The van der Waals surface area contributed by atoms with Crippen LogP contribution in [0.3, 0.4) is 0 Å². The Balaban J connectivity index is 1.87. The third-order valence-corrected chi connectivity index (χ3v) is 3.72. The van der Waals surface area contributed by atoms with Gasteiger partial charge in [0.1, 0.15) is 5.71 Å². The Bertz CT molecular complexity index is 931. The van der Waals surface area contributed by atoms with E-state index in [1.807, 2.05) is 48.2 Å². The maximum absolute atomic E-state index is 12.1. The van der Waals surface area contributed by atoms with Gasteiger partial charge in [0.2, 0.25) is 0 Å². The minimum absolute atomic E-state index is 0.223. The fourth-order valence-electron chi connectivity index (χ4n) is 2.69. The lowest BCUT2D eigenvalue weighted by Gasteiger charge is -1.98. The van der Waals surface area contributed by atoms with E-state index in [0.717, 1.165) is 16.5 Å². The number of para-hydroxylation sites is 1.